The number of ether oxygens (including phenoxy) is 2. The van der Waals surface area contributed by atoms with Crippen LogP contribution in [-0.4, -0.2) is 59.9 Å². The normalized spacial score (nSPS) is 19.5. The van der Waals surface area contributed by atoms with Crippen LogP contribution in [0.15, 0.2) is 66.7 Å². The maximum atomic E-state index is 13.1. The molecule has 1 heterocycles. The molecule has 7 heteroatoms. The summed E-state index contributed by atoms with van der Waals surface area (Å²) in [6.45, 7) is 9.58. The SMILES string of the molecule is C=C(/C=C\C(=C\C1(C)C(=O)N(CC(=O)c2ccccc2)C(=O)N1C)OCC)OCC. The number of hydrogen-bond donors (Lipinski definition) is 0. The van der Waals surface area contributed by atoms with E-state index in [1.54, 1.807) is 55.5 Å². The molecule has 2 rings (SSSR count). The van der Waals surface area contributed by atoms with Gasteiger partial charge in [-0.3, -0.25) is 14.5 Å². The Bertz CT molecular complexity index is 875. The Balaban J connectivity index is 2.28. The first-order valence-electron chi connectivity index (χ1n) is 9.78. The molecule has 0 aromatic heterocycles. The summed E-state index contributed by atoms with van der Waals surface area (Å²) in [6.07, 6.45) is 4.84. The van der Waals surface area contributed by atoms with E-state index in [1.807, 2.05) is 13.8 Å². The maximum absolute atomic E-state index is 13.1. The number of carbonyl (C=O) groups excluding carboxylic acids is 3. The molecule has 0 saturated carbocycles. The van der Waals surface area contributed by atoms with Crippen LogP contribution < -0.4 is 0 Å². The standard InChI is InChI=1S/C23H28N2O5/c1-6-29-17(3)13-14-19(30-7-2)15-23(4)21(27)25(22(28)24(23)5)16-20(26)18-11-9-8-10-12-18/h8-15H,3,6-7,16H2,1-2,4-5H3/b14-13-,19-15-. The third kappa shape index (κ3) is 4.97. The lowest BCUT2D eigenvalue weighted by molar-refractivity contribution is -0.130. The van der Waals surface area contributed by atoms with Gasteiger partial charge in [-0.1, -0.05) is 36.9 Å². The minimum absolute atomic E-state index is 0.308. The highest BCUT2D eigenvalue weighted by Crippen LogP contribution is 2.29. The summed E-state index contributed by atoms with van der Waals surface area (Å²) in [7, 11) is 1.52. The monoisotopic (exact) mass is 412 g/mol. The summed E-state index contributed by atoms with van der Waals surface area (Å²) in [5.41, 5.74) is -0.854. The number of ketones is 1. The Morgan fingerprint density at radius 3 is 2.33 bits per heavy atom. The van der Waals surface area contributed by atoms with Crippen molar-refractivity contribution in [2.45, 2.75) is 26.3 Å². The Morgan fingerprint density at radius 1 is 1.10 bits per heavy atom. The number of amides is 3. The van der Waals surface area contributed by atoms with Crippen molar-refractivity contribution in [1.82, 2.24) is 9.80 Å². The molecule has 0 bridgehead atoms. The Morgan fingerprint density at radius 2 is 1.73 bits per heavy atom. The van der Waals surface area contributed by atoms with Crippen LogP contribution in [-0.2, 0) is 14.3 Å². The lowest BCUT2D eigenvalue weighted by atomic mass is 9.99. The number of rotatable bonds is 10. The van der Waals surface area contributed by atoms with E-state index < -0.39 is 17.5 Å². The highest BCUT2D eigenvalue weighted by atomic mass is 16.5. The number of imide groups is 1. The van der Waals surface area contributed by atoms with Crippen LogP contribution in [0.5, 0.6) is 0 Å². The molecule has 1 unspecified atom stereocenters. The van der Waals surface area contributed by atoms with E-state index in [1.165, 1.54) is 11.9 Å². The number of likely N-dealkylation sites (N-methyl/N-ethyl adjacent to an activating group) is 1. The first-order valence-corrected chi connectivity index (χ1v) is 9.78. The van der Waals surface area contributed by atoms with Gasteiger partial charge >= 0.3 is 6.03 Å². The number of carbonyl (C=O) groups is 3. The average Bonchev–Trinajstić information content (AvgIpc) is 2.88. The van der Waals surface area contributed by atoms with Crippen LogP contribution in [0, 0.1) is 0 Å². The van der Waals surface area contributed by atoms with E-state index in [-0.39, 0.29) is 12.3 Å². The number of urea groups is 1. The van der Waals surface area contributed by atoms with Crippen molar-refractivity contribution < 1.29 is 23.9 Å². The zero-order valence-corrected chi connectivity index (χ0v) is 17.9. The number of allylic oxidation sites excluding steroid dienone is 2. The zero-order chi connectivity index (χ0) is 22.3. The smallest absolute Gasteiger partial charge is 0.328 e. The van der Waals surface area contributed by atoms with Crippen LogP contribution in [0.3, 0.4) is 0 Å². The zero-order valence-electron chi connectivity index (χ0n) is 17.9. The summed E-state index contributed by atoms with van der Waals surface area (Å²) in [5.74, 6) is 0.0426. The highest BCUT2D eigenvalue weighted by Gasteiger charge is 2.52. The molecule has 1 aromatic carbocycles. The van der Waals surface area contributed by atoms with Crippen molar-refractivity contribution in [3.63, 3.8) is 0 Å². The Kier molecular flexibility index (Phi) is 7.58. The van der Waals surface area contributed by atoms with Gasteiger partial charge < -0.3 is 14.4 Å². The van der Waals surface area contributed by atoms with E-state index in [4.69, 9.17) is 9.47 Å². The molecular weight excluding hydrogens is 384 g/mol. The highest BCUT2D eigenvalue weighted by molar-refractivity contribution is 6.11. The quantitative estimate of drug-likeness (QED) is 0.254. The summed E-state index contributed by atoms with van der Waals surface area (Å²) in [6, 6.07) is 8.02. The maximum Gasteiger partial charge on any atom is 0.328 e. The third-order valence-electron chi connectivity index (χ3n) is 4.79. The molecule has 0 radical (unpaired) electrons. The van der Waals surface area contributed by atoms with Gasteiger partial charge in [-0.15, -0.1) is 0 Å². The number of nitrogens with zero attached hydrogens (tertiary/aromatic N) is 2. The second-order valence-corrected chi connectivity index (χ2v) is 6.88. The molecule has 30 heavy (non-hydrogen) atoms. The van der Waals surface area contributed by atoms with Crippen molar-refractivity contribution in [2.75, 3.05) is 26.8 Å². The Labute approximate surface area is 177 Å². The molecule has 1 fully saturated rings. The molecule has 1 atom stereocenters. The van der Waals surface area contributed by atoms with E-state index in [2.05, 4.69) is 6.58 Å². The summed E-state index contributed by atoms with van der Waals surface area (Å²) in [5, 5.41) is 0. The summed E-state index contributed by atoms with van der Waals surface area (Å²) in [4.78, 5) is 40.7. The van der Waals surface area contributed by atoms with Gasteiger partial charge in [0.15, 0.2) is 5.78 Å². The Hall–Kier alpha value is -3.35. The molecule has 7 nitrogen and oxygen atoms in total. The van der Waals surface area contributed by atoms with Gasteiger partial charge in [-0.25, -0.2) is 4.79 Å². The summed E-state index contributed by atoms with van der Waals surface area (Å²) < 4.78 is 10.9. The van der Waals surface area contributed by atoms with Gasteiger partial charge in [-0.2, -0.15) is 0 Å². The van der Waals surface area contributed by atoms with E-state index in [9.17, 15) is 14.4 Å². The van der Waals surface area contributed by atoms with E-state index in [0.29, 0.717) is 30.3 Å². The molecule has 1 aromatic rings. The predicted molar refractivity (Wildman–Crippen MR) is 114 cm³/mol. The molecule has 0 aliphatic carbocycles. The second-order valence-electron chi connectivity index (χ2n) is 6.88. The van der Waals surface area contributed by atoms with Gasteiger partial charge in [0.1, 0.15) is 17.1 Å². The molecular formula is C23H28N2O5. The van der Waals surface area contributed by atoms with Crippen LogP contribution in [0.4, 0.5) is 4.79 Å². The fourth-order valence-corrected chi connectivity index (χ4v) is 3.03. The van der Waals surface area contributed by atoms with E-state index in [0.717, 1.165) is 4.90 Å². The second kappa shape index (κ2) is 9.91. The van der Waals surface area contributed by atoms with Crippen LogP contribution in [0.1, 0.15) is 31.1 Å². The first-order chi connectivity index (χ1) is 14.2. The van der Waals surface area contributed by atoms with Crippen molar-refractivity contribution >= 4 is 17.7 Å². The van der Waals surface area contributed by atoms with Crippen LogP contribution >= 0.6 is 0 Å². The van der Waals surface area contributed by atoms with Gasteiger partial charge in [0.2, 0.25) is 0 Å². The van der Waals surface area contributed by atoms with Gasteiger partial charge in [0.25, 0.3) is 5.91 Å². The van der Waals surface area contributed by atoms with Crippen molar-refractivity contribution in [1.29, 1.82) is 0 Å². The molecule has 1 aliphatic heterocycles. The van der Waals surface area contributed by atoms with Gasteiger partial charge in [0.05, 0.1) is 19.8 Å². The fraction of sp³-hybridized carbons (Fsp3) is 0.348. The van der Waals surface area contributed by atoms with Crippen molar-refractivity contribution in [3.8, 4) is 0 Å². The van der Waals surface area contributed by atoms with Gasteiger partial charge in [0, 0.05) is 12.6 Å². The van der Waals surface area contributed by atoms with Crippen LogP contribution in [0.25, 0.3) is 0 Å². The van der Waals surface area contributed by atoms with Crippen LogP contribution in [0.2, 0.25) is 0 Å². The third-order valence-corrected chi connectivity index (χ3v) is 4.79. The molecule has 0 N–H and O–H groups in total. The van der Waals surface area contributed by atoms with E-state index >= 15 is 0 Å². The molecule has 0 spiro atoms. The molecule has 160 valence electrons. The average molecular weight is 412 g/mol. The predicted octanol–water partition coefficient (Wildman–Crippen LogP) is 3.55. The largest absolute Gasteiger partial charge is 0.495 e. The summed E-state index contributed by atoms with van der Waals surface area (Å²) >= 11 is 0. The topological polar surface area (TPSA) is 76.2 Å². The lowest BCUT2D eigenvalue weighted by Crippen LogP contribution is -2.43. The van der Waals surface area contributed by atoms with Crippen molar-refractivity contribution in [2.24, 2.45) is 0 Å². The molecule has 1 aliphatic rings. The number of Topliss-reactive ketones (excluding diaryl/α,β-unsaturated/α-hetero) is 1. The minimum Gasteiger partial charge on any atom is -0.495 e. The van der Waals surface area contributed by atoms with Gasteiger partial charge in [-0.05, 0) is 39.0 Å². The lowest BCUT2D eigenvalue weighted by Gasteiger charge is -2.25. The first kappa shape index (κ1) is 22.9. The van der Waals surface area contributed by atoms with Crippen molar-refractivity contribution in [3.05, 3.63) is 72.2 Å². The number of benzene rings is 1. The number of hydrogen-bond acceptors (Lipinski definition) is 5. The minimum atomic E-state index is -1.30. The molecule has 3 amide bonds. The molecule has 1 saturated heterocycles. The fourth-order valence-electron chi connectivity index (χ4n) is 3.03.